The molecule has 0 aliphatic rings. The highest BCUT2D eigenvalue weighted by Crippen LogP contribution is 2.07. The van der Waals surface area contributed by atoms with Crippen LogP contribution in [0, 0.1) is 5.82 Å². The van der Waals surface area contributed by atoms with Crippen molar-refractivity contribution in [2.24, 2.45) is 0 Å². The third kappa shape index (κ3) is 3.00. The molecule has 0 spiro atoms. The molecule has 1 aromatic carbocycles. The molecule has 1 amide bonds. The Morgan fingerprint density at radius 3 is 2.76 bits per heavy atom. The largest absolute Gasteiger partial charge is 0.539 e. The van der Waals surface area contributed by atoms with Crippen LogP contribution < -0.4 is 15.1 Å². The molecule has 0 atom stereocenters. The monoisotopic (exact) mass is 237 g/mol. The van der Waals surface area contributed by atoms with Gasteiger partial charge in [0.2, 0.25) is 6.20 Å². The van der Waals surface area contributed by atoms with Gasteiger partial charge in [-0.15, -0.1) is 0 Å². The number of hydrogen-bond acceptors (Lipinski definition) is 4. The minimum absolute atomic E-state index is 0.150. The number of hydrogen-bond donors (Lipinski definition) is 1. The number of benzene rings is 1. The Balaban J connectivity index is 1.95. The summed E-state index contributed by atoms with van der Waals surface area (Å²) >= 11 is 0. The van der Waals surface area contributed by atoms with E-state index in [1.807, 2.05) is 0 Å². The molecule has 17 heavy (non-hydrogen) atoms. The fourth-order valence-corrected chi connectivity index (χ4v) is 1.22. The summed E-state index contributed by atoms with van der Waals surface area (Å²) in [6.45, 7) is -0.150. The number of halogens is 1. The lowest BCUT2D eigenvalue weighted by Gasteiger charge is -2.00. The second kappa shape index (κ2) is 4.60. The number of nitrogens with one attached hydrogen (secondary N) is 1. The zero-order valence-electron chi connectivity index (χ0n) is 8.59. The van der Waals surface area contributed by atoms with Gasteiger partial charge in [0.25, 0.3) is 12.5 Å². The third-order valence-electron chi connectivity index (χ3n) is 1.92. The first-order valence-electron chi connectivity index (χ1n) is 4.72. The molecule has 0 saturated heterocycles. The average molecular weight is 237 g/mol. The highest BCUT2D eigenvalue weighted by Gasteiger charge is 2.11. The quantitative estimate of drug-likeness (QED) is 0.750. The summed E-state index contributed by atoms with van der Waals surface area (Å²) in [7, 11) is 0. The van der Waals surface area contributed by atoms with E-state index >= 15 is 0 Å². The molecule has 0 aliphatic heterocycles. The summed E-state index contributed by atoms with van der Waals surface area (Å²) in [5.74, 6) is -1.40. The van der Waals surface area contributed by atoms with Crippen molar-refractivity contribution in [3.63, 3.8) is 0 Å². The molecule has 88 valence electrons. The highest BCUT2D eigenvalue weighted by molar-refractivity contribution is 5.89. The first kappa shape index (κ1) is 11.1. The Morgan fingerprint density at radius 1 is 1.47 bits per heavy atom. The second-order valence-electron chi connectivity index (χ2n) is 3.27. The SMILES string of the molecule is O=C(C[n+]1cc([O-])on1)Nc1ccc(F)cc1. The number of amides is 1. The van der Waals surface area contributed by atoms with Crippen LogP contribution in [0.15, 0.2) is 35.0 Å². The van der Waals surface area contributed by atoms with Crippen molar-refractivity contribution < 1.29 is 23.5 Å². The van der Waals surface area contributed by atoms with Crippen molar-refractivity contribution in [2.45, 2.75) is 6.54 Å². The van der Waals surface area contributed by atoms with Crippen molar-refractivity contribution >= 4 is 11.6 Å². The summed E-state index contributed by atoms with van der Waals surface area (Å²) < 4.78 is 17.9. The van der Waals surface area contributed by atoms with E-state index in [1.54, 1.807) is 0 Å². The maximum atomic E-state index is 12.6. The van der Waals surface area contributed by atoms with E-state index in [0.717, 1.165) is 10.9 Å². The van der Waals surface area contributed by atoms with Crippen LogP contribution in [-0.2, 0) is 11.3 Å². The summed E-state index contributed by atoms with van der Waals surface area (Å²) in [6.07, 6.45) is 1.06. The van der Waals surface area contributed by atoms with Crippen molar-refractivity contribution in [3.05, 3.63) is 36.3 Å². The molecule has 0 fully saturated rings. The molecule has 7 heteroatoms. The first-order chi connectivity index (χ1) is 8.13. The van der Waals surface area contributed by atoms with Crippen LogP contribution in [0.3, 0.4) is 0 Å². The van der Waals surface area contributed by atoms with Crippen LogP contribution in [0.25, 0.3) is 0 Å². The van der Waals surface area contributed by atoms with Gasteiger partial charge in [-0.3, -0.25) is 4.79 Å². The zero-order chi connectivity index (χ0) is 12.3. The van der Waals surface area contributed by atoms with Gasteiger partial charge in [0, 0.05) is 5.69 Å². The Bertz CT molecular complexity index is 524. The molecule has 2 rings (SSSR count). The van der Waals surface area contributed by atoms with Gasteiger partial charge in [0.1, 0.15) is 11.8 Å². The van der Waals surface area contributed by atoms with Gasteiger partial charge in [0.05, 0.1) is 5.27 Å². The molecule has 0 unspecified atom stereocenters. The van der Waals surface area contributed by atoms with E-state index in [-0.39, 0.29) is 12.4 Å². The predicted molar refractivity (Wildman–Crippen MR) is 51.2 cm³/mol. The Labute approximate surface area is 95.3 Å². The molecule has 6 nitrogen and oxygen atoms in total. The summed E-state index contributed by atoms with van der Waals surface area (Å²) in [5.41, 5.74) is 0.461. The van der Waals surface area contributed by atoms with Gasteiger partial charge in [-0.1, -0.05) is 4.68 Å². The van der Waals surface area contributed by atoms with Crippen LogP contribution in [0.2, 0.25) is 0 Å². The molecule has 1 aromatic heterocycles. The normalized spacial score (nSPS) is 10.2. The number of aromatic nitrogens is 2. The Hall–Kier alpha value is -2.44. The number of anilines is 1. The van der Waals surface area contributed by atoms with E-state index in [9.17, 15) is 14.3 Å². The second-order valence-corrected chi connectivity index (χ2v) is 3.27. The minimum Gasteiger partial charge on any atom is -0.539 e. The summed E-state index contributed by atoms with van der Waals surface area (Å²) in [5, 5.41) is 16.5. The van der Waals surface area contributed by atoms with E-state index in [4.69, 9.17) is 0 Å². The van der Waals surface area contributed by atoms with Crippen LogP contribution in [0.5, 0.6) is 5.95 Å². The molecule has 0 saturated carbocycles. The first-order valence-corrected chi connectivity index (χ1v) is 4.72. The van der Waals surface area contributed by atoms with Gasteiger partial charge in [0.15, 0.2) is 0 Å². The van der Waals surface area contributed by atoms with Gasteiger partial charge < -0.3 is 14.9 Å². The molecular weight excluding hydrogens is 229 g/mol. The summed E-state index contributed by atoms with van der Waals surface area (Å²) in [4.78, 5) is 11.5. The van der Waals surface area contributed by atoms with Crippen LogP contribution in [0.1, 0.15) is 0 Å². The maximum Gasteiger partial charge on any atom is 0.292 e. The van der Waals surface area contributed by atoms with Crippen LogP contribution >= 0.6 is 0 Å². The van der Waals surface area contributed by atoms with Crippen molar-refractivity contribution in [1.82, 2.24) is 5.27 Å². The Morgan fingerprint density at radius 2 is 2.18 bits per heavy atom. The van der Waals surface area contributed by atoms with Gasteiger partial charge in [-0.25, -0.2) is 4.39 Å². The average Bonchev–Trinajstić information content (AvgIpc) is 2.67. The van der Waals surface area contributed by atoms with E-state index < -0.39 is 11.9 Å². The fourth-order valence-electron chi connectivity index (χ4n) is 1.22. The standard InChI is InChI=1S/C10H8FN3O3/c11-7-1-3-8(4-2-7)12-9(15)5-14-6-10(16)17-13-14/h1-4,6H,5H2,(H-,12,13,15,16). The number of carbonyl (C=O) groups excluding carboxylic acids is 1. The van der Waals surface area contributed by atoms with Crippen LogP contribution in [0.4, 0.5) is 10.1 Å². The van der Waals surface area contributed by atoms with Crippen molar-refractivity contribution in [2.75, 3.05) is 5.32 Å². The van der Waals surface area contributed by atoms with E-state index in [2.05, 4.69) is 15.1 Å². The number of nitrogens with zero attached hydrogens (tertiary/aromatic N) is 2. The van der Waals surface area contributed by atoms with Gasteiger partial charge in [-0.05, 0) is 24.3 Å². The van der Waals surface area contributed by atoms with Crippen molar-refractivity contribution in [1.29, 1.82) is 0 Å². The minimum atomic E-state index is -0.625. The lowest BCUT2D eigenvalue weighted by Crippen LogP contribution is -2.41. The molecule has 2 aromatic rings. The molecule has 1 N–H and O–H groups in total. The van der Waals surface area contributed by atoms with E-state index in [1.165, 1.54) is 24.3 Å². The molecule has 0 aliphatic carbocycles. The smallest absolute Gasteiger partial charge is 0.292 e. The highest BCUT2D eigenvalue weighted by atomic mass is 19.1. The van der Waals surface area contributed by atoms with Gasteiger partial charge in [-0.2, -0.15) is 0 Å². The third-order valence-corrected chi connectivity index (χ3v) is 1.92. The lowest BCUT2D eigenvalue weighted by atomic mass is 10.3. The van der Waals surface area contributed by atoms with Crippen molar-refractivity contribution in [3.8, 4) is 5.95 Å². The fraction of sp³-hybridized carbons (Fsp3) is 0.100. The molecule has 1 heterocycles. The zero-order valence-corrected chi connectivity index (χ0v) is 8.59. The topological polar surface area (TPSA) is 82.1 Å². The molecular formula is C10H8FN3O3. The maximum absolute atomic E-state index is 12.6. The summed E-state index contributed by atoms with van der Waals surface area (Å²) in [6, 6.07) is 5.32. The number of carbonyl (C=O) groups is 1. The molecule has 0 radical (unpaired) electrons. The Kier molecular flexibility index (Phi) is 2.99. The molecule has 0 bridgehead atoms. The lowest BCUT2D eigenvalue weighted by molar-refractivity contribution is -0.750. The van der Waals surface area contributed by atoms with Gasteiger partial charge >= 0.3 is 0 Å². The number of rotatable bonds is 3. The predicted octanol–water partition coefficient (Wildman–Crippen LogP) is -0.187. The van der Waals surface area contributed by atoms with Crippen LogP contribution in [-0.4, -0.2) is 11.2 Å². The van der Waals surface area contributed by atoms with E-state index in [0.29, 0.717) is 5.69 Å².